The molecule has 148 valence electrons. The lowest BCUT2D eigenvalue weighted by Crippen LogP contribution is -2.35. The molecule has 1 unspecified atom stereocenters. The summed E-state index contributed by atoms with van der Waals surface area (Å²) in [7, 11) is 3.42. The first-order chi connectivity index (χ1) is 13.2. The van der Waals surface area contributed by atoms with Gasteiger partial charge in [-0.1, -0.05) is 18.2 Å². The molecule has 3 aromatic rings. The van der Waals surface area contributed by atoms with Crippen molar-refractivity contribution in [1.29, 1.82) is 0 Å². The molecule has 1 N–H and O–H groups in total. The van der Waals surface area contributed by atoms with Gasteiger partial charge < -0.3 is 14.6 Å². The number of benzene rings is 2. The summed E-state index contributed by atoms with van der Waals surface area (Å²) in [6.07, 6.45) is 0. The Kier molecular flexibility index (Phi) is 5.52. The molecule has 0 bridgehead atoms. The van der Waals surface area contributed by atoms with E-state index in [0.717, 1.165) is 22.1 Å². The number of halogens is 2. The number of fused-ring (bicyclic) bond motifs is 1. The first-order valence-corrected chi connectivity index (χ1v) is 9.10. The normalized spacial score (nSPS) is 12.6. The van der Waals surface area contributed by atoms with Crippen LogP contribution in [0.4, 0.5) is 8.78 Å². The SMILES string of the molecule is Cc1ccc(C)c2c(C)c(C(=O)NCC(c3c(F)cccc3F)N(C)C)oc12. The van der Waals surface area contributed by atoms with Gasteiger partial charge in [-0.3, -0.25) is 4.79 Å². The van der Waals surface area contributed by atoms with Gasteiger partial charge in [0.1, 0.15) is 17.2 Å². The molecular formula is C22H24F2N2O2. The number of nitrogens with one attached hydrogen (secondary N) is 1. The average Bonchev–Trinajstić information content (AvgIpc) is 2.99. The highest BCUT2D eigenvalue weighted by molar-refractivity contribution is 6.00. The van der Waals surface area contributed by atoms with Gasteiger partial charge in [-0.05, 0) is 58.1 Å². The molecule has 0 saturated carbocycles. The third kappa shape index (κ3) is 3.52. The Hall–Kier alpha value is -2.73. The summed E-state index contributed by atoms with van der Waals surface area (Å²) in [6, 6.07) is 7.04. The highest BCUT2D eigenvalue weighted by atomic mass is 19.1. The Morgan fingerprint density at radius 3 is 2.25 bits per heavy atom. The third-order valence-electron chi connectivity index (χ3n) is 5.10. The van der Waals surface area contributed by atoms with E-state index in [1.165, 1.54) is 18.2 Å². The van der Waals surface area contributed by atoms with Crippen molar-refractivity contribution in [3.63, 3.8) is 0 Å². The number of rotatable bonds is 5. The van der Waals surface area contributed by atoms with Crippen molar-refractivity contribution in [3.05, 3.63) is 70.0 Å². The van der Waals surface area contributed by atoms with Crippen molar-refractivity contribution >= 4 is 16.9 Å². The zero-order chi connectivity index (χ0) is 20.6. The highest BCUT2D eigenvalue weighted by Gasteiger charge is 2.25. The fourth-order valence-electron chi connectivity index (χ4n) is 3.53. The minimum absolute atomic E-state index is 0.0398. The number of amides is 1. The minimum atomic E-state index is -0.654. The smallest absolute Gasteiger partial charge is 0.287 e. The van der Waals surface area contributed by atoms with E-state index >= 15 is 0 Å². The molecule has 0 aliphatic carbocycles. The fraction of sp³-hybridized carbons (Fsp3) is 0.318. The molecule has 1 atom stereocenters. The Labute approximate surface area is 163 Å². The number of carbonyl (C=O) groups is 1. The van der Waals surface area contributed by atoms with Crippen molar-refractivity contribution in [2.24, 2.45) is 0 Å². The van der Waals surface area contributed by atoms with Gasteiger partial charge in [-0.15, -0.1) is 0 Å². The van der Waals surface area contributed by atoms with Crippen LogP contribution in [0.3, 0.4) is 0 Å². The average molecular weight is 386 g/mol. The monoisotopic (exact) mass is 386 g/mol. The first kappa shape index (κ1) is 20.0. The van der Waals surface area contributed by atoms with Crippen LogP contribution in [-0.4, -0.2) is 31.4 Å². The summed E-state index contributed by atoms with van der Waals surface area (Å²) in [5, 5.41) is 3.69. The number of likely N-dealkylation sites (N-methyl/N-ethyl adjacent to an activating group) is 1. The van der Waals surface area contributed by atoms with Gasteiger partial charge in [0.15, 0.2) is 5.76 Å². The standard InChI is InChI=1S/C22H24F2N2O2/c1-12-9-10-13(2)20-18(12)14(3)21(28-20)22(27)25-11-17(26(4)5)19-15(23)7-6-8-16(19)24/h6-10,17H,11H2,1-5H3,(H,25,27). The second-order valence-corrected chi connectivity index (χ2v) is 7.28. The number of aryl methyl sites for hydroxylation is 3. The molecule has 1 heterocycles. The van der Waals surface area contributed by atoms with Crippen molar-refractivity contribution in [1.82, 2.24) is 10.2 Å². The van der Waals surface area contributed by atoms with Gasteiger partial charge >= 0.3 is 0 Å². The van der Waals surface area contributed by atoms with Gasteiger partial charge in [-0.25, -0.2) is 8.78 Å². The maximum Gasteiger partial charge on any atom is 0.287 e. The largest absolute Gasteiger partial charge is 0.450 e. The van der Waals surface area contributed by atoms with Crippen LogP contribution in [0.2, 0.25) is 0 Å². The summed E-state index contributed by atoms with van der Waals surface area (Å²) >= 11 is 0. The number of hydrogen-bond donors (Lipinski definition) is 1. The van der Waals surface area contributed by atoms with E-state index in [2.05, 4.69) is 5.32 Å². The van der Waals surface area contributed by atoms with Crippen LogP contribution in [0, 0.1) is 32.4 Å². The number of furan rings is 1. The van der Waals surface area contributed by atoms with Crippen molar-refractivity contribution in [2.45, 2.75) is 26.8 Å². The molecule has 28 heavy (non-hydrogen) atoms. The molecule has 0 aliphatic heterocycles. The maximum absolute atomic E-state index is 14.2. The summed E-state index contributed by atoms with van der Waals surface area (Å²) in [5.74, 6) is -1.46. The number of carbonyl (C=O) groups excluding carboxylic acids is 1. The molecule has 1 aromatic heterocycles. The summed E-state index contributed by atoms with van der Waals surface area (Å²) < 4.78 is 34.3. The molecule has 3 rings (SSSR count). The Balaban J connectivity index is 1.89. The second kappa shape index (κ2) is 7.72. The van der Waals surface area contributed by atoms with E-state index < -0.39 is 23.6 Å². The van der Waals surface area contributed by atoms with E-state index in [9.17, 15) is 13.6 Å². The van der Waals surface area contributed by atoms with E-state index in [1.54, 1.807) is 19.0 Å². The molecular weight excluding hydrogens is 362 g/mol. The van der Waals surface area contributed by atoms with Gasteiger partial charge in [0.25, 0.3) is 5.91 Å². The van der Waals surface area contributed by atoms with Gasteiger partial charge in [0.2, 0.25) is 0 Å². The molecule has 6 heteroatoms. The molecule has 0 aliphatic rings. The fourth-order valence-corrected chi connectivity index (χ4v) is 3.53. The van der Waals surface area contributed by atoms with Crippen molar-refractivity contribution in [3.8, 4) is 0 Å². The van der Waals surface area contributed by atoms with Crippen molar-refractivity contribution < 1.29 is 18.0 Å². The Morgan fingerprint density at radius 1 is 1.07 bits per heavy atom. The highest BCUT2D eigenvalue weighted by Crippen LogP contribution is 2.31. The zero-order valence-corrected chi connectivity index (χ0v) is 16.7. The minimum Gasteiger partial charge on any atom is -0.450 e. The molecule has 0 saturated heterocycles. The van der Waals surface area contributed by atoms with Crippen LogP contribution in [-0.2, 0) is 0 Å². The lowest BCUT2D eigenvalue weighted by Gasteiger charge is -2.25. The molecule has 4 nitrogen and oxygen atoms in total. The van der Waals surface area contributed by atoms with Crippen LogP contribution in [0.15, 0.2) is 34.7 Å². The third-order valence-corrected chi connectivity index (χ3v) is 5.10. The van der Waals surface area contributed by atoms with Gasteiger partial charge in [0.05, 0.1) is 6.04 Å². The van der Waals surface area contributed by atoms with E-state index in [-0.39, 0.29) is 17.9 Å². The van der Waals surface area contributed by atoms with Crippen molar-refractivity contribution in [2.75, 3.05) is 20.6 Å². The van der Waals surface area contributed by atoms with Crippen LogP contribution in [0.25, 0.3) is 11.0 Å². The Bertz CT molecular complexity index is 1020. The zero-order valence-electron chi connectivity index (χ0n) is 16.7. The molecule has 0 spiro atoms. The van der Waals surface area contributed by atoms with E-state index in [1.807, 2.05) is 32.9 Å². The molecule has 0 fully saturated rings. The van der Waals surface area contributed by atoms with Crippen LogP contribution in [0.5, 0.6) is 0 Å². The second-order valence-electron chi connectivity index (χ2n) is 7.28. The molecule has 2 aromatic carbocycles. The van der Waals surface area contributed by atoms with Crippen LogP contribution >= 0.6 is 0 Å². The predicted molar refractivity (Wildman–Crippen MR) is 106 cm³/mol. The summed E-state index contributed by atoms with van der Waals surface area (Å²) in [4.78, 5) is 14.4. The van der Waals surface area contributed by atoms with Gasteiger partial charge in [-0.2, -0.15) is 0 Å². The van der Waals surface area contributed by atoms with E-state index in [0.29, 0.717) is 5.58 Å². The molecule has 0 radical (unpaired) electrons. The van der Waals surface area contributed by atoms with Crippen LogP contribution < -0.4 is 5.32 Å². The molecule has 1 amide bonds. The number of nitrogens with zero attached hydrogens (tertiary/aromatic N) is 1. The first-order valence-electron chi connectivity index (χ1n) is 9.10. The lowest BCUT2D eigenvalue weighted by atomic mass is 10.0. The maximum atomic E-state index is 14.2. The van der Waals surface area contributed by atoms with Gasteiger partial charge in [0, 0.05) is 23.1 Å². The lowest BCUT2D eigenvalue weighted by molar-refractivity contribution is 0.0914. The Morgan fingerprint density at radius 2 is 1.68 bits per heavy atom. The van der Waals surface area contributed by atoms with Crippen LogP contribution in [0.1, 0.15) is 38.9 Å². The van der Waals surface area contributed by atoms with E-state index in [4.69, 9.17) is 4.42 Å². The number of hydrogen-bond acceptors (Lipinski definition) is 3. The summed E-state index contributed by atoms with van der Waals surface area (Å²) in [5.41, 5.74) is 3.35. The predicted octanol–water partition coefficient (Wildman–Crippen LogP) is 4.67. The quantitative estimate of drug-likeness (QED) is 0.693. The topological polar surface area (TPSA) is 45.5 Å². The summed E-state index contributed by atoms with van der Waals surface area (Å²) in [6.45, 7) is 5.77.